The van der Waals surface area contributed by atoms with E-state index in [1.165, 1.54) is 0 Å². The van der Waals surface area contributed by atoms with Gasteiger partial charge in [0.2, 0.25) is 0 Å². The maximum Gasteiger partial charge on any atom is 0.271 e. The fourth-order valence-corrected chi connectivity index (χ4v) is 4.11. The van der Waals surface area contributed by atoms with Gasteiger partial charge in [0.05, 0.1) is 11.7 Å². The van der Waals surface area contributed by atoms with Gasteiger partial charge < -0.3 is 10.6 Å². The molecule has 4 rings (SSSR count). The fourth-order valence-electron chi connectivity index (χ4n) is 3.25. The summed E-state index contributed by atoms with van der Waals surface area (Å²) in [7, 11) is 0. The summed E-state index contributed by atoms with van der Waals surface area (Å²) < 4.78 is 1.91. The molecule has 1 fully saturated rings. The van der Waals surface area contributed by atoms with Crippen molar-refractivity contribution in [3.05, 3.63) is 59.4 Å². The second-order valence-electron chi connectivity index (χ2n) is 6.70. The normalized spacial score (nSPS) is 16.4. The third-order valence-corrected chi connectivity index (χ3v) is 5.67. The Morgan fingerprint density at radius 2 is 2.14 bits per heavy atom. The Morgan fingerprint density at radius 1 is 1.29 bits per heavy atom. The maximum absolute atomic E-state index is 12.3. The second kappa shape index (κ2) is 9.82. The van der Waals surface area contributed by atoms with Gasteiger partial charge in [0.15, 0.2) is 0 Å². The minimum atomic E-state index is -0.129. The molecule has 1 aromatic carbocycles. The molecule has 3 heterocycles. The Kier molecular flexibility index (Phi) is 7.19. The van der Waals surface area contributed by atoms with E-state index < -0.39 is 0 Å². The highest BCUT2D eigenvalue weighted by atomic mass is 35.5. The van der Waals surface area contributed by atoms with Crippen LogP contribution in [-0.4, -0.2) is 40.3 Å². The van der Waals surface area contributed by atoms with Crippen LogP contribution in [0.15, 0.2) is 48.0 Å². The first-order valence-electron chi connectivity index (χ1n) is 9.33. The van der Waals surface area contributed by atoms with Gasteiger partial charge in [-0.25, -0.2) is 4.98 Å². The van der Waals surface area contributed by atoms with E-state index in [1.54, 1.807) is 17.4 Å². The summed E-state index contributed by atoms with van der Waals surface area (Å²) in [5.74, 6) is -0.129. The van der Waals surface area contributed by atoms with Crippen molar-refractivity contribution in [3.8, 4) is 10.6 Å². The molecular weight excluding hydrogens is 394 g/mol. The highest BCUT2D eigenvalue weighted by Gasteiger charge is 2.17. The number of amides is 1. The number of nitrogens with zero attached hydrogens (tertiary/aromatic N) is 3. The third kappa shape index (κ3) is 4.98. The average Bonchev–Trinajstić information content (AvgIpc) is 3.39. The lowest BCUT2D eigenvalue weighted by molar-refractivity contribution is 0.0947. The van der Waals surface area contributed by atoms with Crippen LogP contribution in [0, 0.1) is 0 Å². The lowest BCUT2D eigenvalue weighted by Gasteiger charge is -2.22. The summed E-state index contributed by atoms with van der Waals surface area (Å²) >= 11 is 1.63. The van der Waals surface area contributed by atoms with Gasteiger partial charge in [-0.15, -0.1) is 23.7 Å². The van der Waals surface area contributed by atoms with E-state index in [1.807, 2.05) is 29.1 Å². The van der Waals surface area contributed by atoms with E-state index in [0.29, 0.717) is 24.7 Å². The van der Waals surface area contributed by atoms with Gasteiger partial charge in [-0.1, -0.05) is 30.3 Å². The molecule has 0 saturated carbocycles. The van der Waals surface area contributed by atoms with Crippen LogP contribution >= 0.6 is 23.7 Å². The topological polar surface area (TPSA) is 71.8 Å². The van der Waals surface area contributed by atoms with Crippen LogP contribution in [0.4, 0.5) is 0 Å². The summed E-state index contributed by atoms with van der Waals surface area (Å²) in [6.45, 7) is 2.53. The van der Waals surface area contributed by atoms with Crippen LogP contribution in [0.2, 0.25) is 0 Å². The van der Waals surface area contributed by atoms with Crippen molar-refractivity contribution in [2.45, 2.75) is 25.3 Å². The summed E-state index contributed by atoms with van der Waals surface area (Å²) in [6.07, 6.45) is 4.86. The molecule has 148 valence electrons. The van der Waals surface area contributed by atoms with Crippen LogP contribution in [0.5, 0.6) is 0 Å². The van der Waals surface area contributed by atoms with Crippen molar-refractivity contribution in [1.29, 1.82) is 0 Å². The van der Waals surface area contributed by atoms with E-state index in [-0.39, 0.29) is 18.3 Å². The standard InChI is InChI=1S/C20H23N5OS.ClH/c26-19(18-9-12-25(24-18)17-7-4-10-21-13-17)22-11-8-16-14-27-20(23-16)15-5-2-1-3-6-15;/h1-3,5-6,9,12,14,17,21H,4,7-8,10-11,13H2,(H,22,26);1H. The zero-order chi connectivity index (χ0) is 18.5. The number of rotatable bonds is 6. The highest BCUT2D eigenvalue weighted by Crippen LogP contribution is 2.23. The van der Waals surface area contributed by atoms with Crippen LogP contribution < -0.4 is 10.6 Å². The van der Waals surface area contributed by atoms with Crippen LogP contribution in [0.3, 0.4) is 0 Å². The molecule has 2 aromatic heterocycles. The fraction of sp³-hybridized carbons (Fsp3) is 0.350. The van der Waals surface area contributed by atoms with E-state index in [9.17, 15) is 4.79 Å². The SMILES string of the molecule is Cl.O=C(NCCc1csc(-c2ccccc2)n1)c1ccn(C2CCCNC2)n1. The number of nitrogens with one attached hydrogen (secondary N) is 2. The number of aromatic nitrogens is 3. The smallest absolute Gasteiger partial charge is 0.271 e. The summed E-state index contributed by atoms with van der Waals surface area (Å²) in [6, 6.07) is 12.3. The number of carbonyl (C=O) groups is 1. The van der Waals surface area contributed by atoms with Crippen molar-refractivity contribution in [2.24, 2.45) is 0 Å². The molecule has 8 heteroatoms. The minimum Gasteiger partial charge on any atom is -0.350 e. The minimum absolute atomic E-state index is 0. The summed E-state index contributed by atoms with van der Waals surface area (Å²) in [5, 5.41) is 13.8. The van der Waals surface area contributed by atoms with Gasteiger partial charge in [-0.2, -0.15) is 5.10 Å². The Bertz CT molecular complexity index is 889. The lowest BCUT2D eigenvalue weighted by atomic mass is 10.1. The average molecular weight is 418 g/mol. The molecule has 0 radical (unpaired) electrons. The first-order chi connectivity index (χ1) is 13.3. The number of benzene rings is 1. The Balaban J connectivity index is 0.00000225. The van der Waals surface area contributed by atoms with Crippen molar-refractivity contribution in [3.63, 3.8) is 0 Å². The summed E-state index contributed by atoms with van der Waals surface area (Å²) in [5.41, 5.74) is 2.60. The molecule has 1 amide bonds. The van der Waals surface area contributed by atoms with Gasteiger partial charge in [0, 0.05) is 36.7 Å². The number of hydrogen-bond acceptors (Lipinski definition) is 5. The summed E-state index contributed by atoms with van der Waals surface area (Å²) in [4.78, 5) is 17.0. The lowest BCUT2D eigenvalue weighted by Crippen LogP contribution is -2.32. The molecule has 28 heavy (non-hydrogen) atoms. The Hall–Kier alpha value is -2.22. The molecule has 1 aliphatic rings. The molecule has 1 unspecified atom stereocenters. The molecule has 2 N–H and O–H groups in total. The predicted octanol–water partition coefficient (Wildman–Crippen LogP) is 3.33. The maximum atomic E-state index is 12.3. The van der Waals surface area contributed by atoms with Crippen LogP contribution in [-0.2, 0) is 6.42 Å². The van der Waals surface area contributed by atoms with Gasteiger partial charge in [0.1, 0.15) is 10.7 Å². The van der Waals surface area contributed by atoms with Crippen molar-refractivity contribution < 1.29 is 4.79 Å². The molecule has 3 aromatic rings. The number of piperidine rings is 1. The van der Waals surface area contributed by atoms with E-state index in [2.05, 4.69) is 38.2 Å². The van der Waals surface area contributed by atoms with Gasteiger partial charge in [-0.3, -0.25) is 9.48 Å². The van der Waals surface area contributed by atoms with Crippen molar-refractivity contribution in [2.75, 3.05) is 19.6 Å². The first-order valence-corrected chi connectivity index (χ1v) is 10.2. The largest absolute Gasteiger partial charge is 0.350 e. The monoisotopic (exact) mass is 417 g/mol. The molecule has 0 bridgehead atoms. The molecule has 1 aliphatic heterocycles. The Labute approximate surface area is 174 Å². The number of thiazole rings is 1. The highest BCUT2D eigenvalue weighted by molar-refractivity contribution is 7.13. The first kappa shape index (κ1) is 20.5. The quantitative estimate of drug-likeness (QED) is 0.645. The van der Waals surface area contributed by atoms with Crippen molar-refractivity contribution >= 4 is 29.7 Å². The van der Waals surface area contributed by atoms with E-state index in [4.69, 9.17) is 0 Å². The predicted molar refractivity (Wildman–Crippen MR) is 114 cm³/mol. The molecule has 0 spiro atoms. The zero-order valence-electron chi connectivity index (χ0n) is 15.5. The molecule has 1 atom stereocenters. The van der Waals surface area contributed by atoms with Gasteiger partial charge in [-0.05, 0) is 25.5 Å². The van der Waals surface area contributed by atoms with Crippen molar-refractivity contribution in [1.82, 2.24) is 25.4 Å². The molecule has 0 aliphatic carbocycles. The van der Waals surface area contributed by atoms with Gasteiger partial charge >= 0.3 is 0 Å². The third-order valence-electron chi connectivity index (χ3n) is 4.73. The number of halogens is 1. The second-order valence-corrected chi connectivity index (χ2v) is 7.56. The van der Waals surface area contributed by atoms with Crippen LogP contribution in [0.25, 0.3) is 10.6 Å². The van der Waals surface area contributed by atoms with Crippen LogP contribution in [0.1, 0.15) is 35.1 Å². The molecule has 1 saturated heterocycles. The number of carbonyl (C=O) groups excluding carboxylic acids is 1. The Morgan fingerprint density at radius 3 is 2.93 bits per heavy atom. The molecular formula is C20H24ClN5OS. The van der Waals surface area contributed by atoms with Gasteiger partial charge in [0.25, 0.3) is 5.91 Å². The number of hydrogen-bond donors (Lipinski definition) is 2. The van der Waals surface area contributed by atoms with E-state index >= 15 is 0 Å². The molecule has 6 nitrogen and oxygen atoms in total. The van der Waals surface area contributed by atoms with E-state index in [0.717, 1.165) is 42.2 Å². The zero-order valence-corrected chi connectivity index (χ0v) is 17.1.